The molecule has 0 amide bonds. The van der Waals surface area contributed by atoms with Crippen LogP contribution in [0.3, 0.4) is 0 Å². The molecule has 0 unspecified atom stereocenters. The monoisotopic (exact) mass is 279 g/mol. The summed E-state index contributed by atoms with van der Waals surface area (Å²) in [6.07, 6.45) is 5.27. The van der Waals surface area contributed by atoms with Gasteiger partial charge in [0.2, 0.25) is 0 Å². The SMILES string of the molecule is CS(=O)(=O)c1ccc2nc(C3(N)CCCC3)[nH]c2c1. The number of H-pyrrole nitrogens is 1. The number of hydrogen-bond donors (Lipinski definition) is 2. The maximum Gasteiger partial charge on any atom is 0.175 e. The van der Waals surface area contributed by atoms with E-state index in [0.29, 0.717) is 4.90 Å². The largest absolute Gasteiger partial charge is 0.340 e. The van der Waals surface area contributed by atoms with Crippen molar-refractivity contribution in [2.45, 2.75) is 36.1 Å². The van der Waals surface area contributed by atoms with Crippen LogP contribution in [0.4, 0.5) is 0 Å². The predicted molar refractivity (Wildman–Crippen MR) is 73.5 cm³/mol. The molecule has 0 radical (unpaired) electrons. The predicted octanol–water partition coefficient (Wildman–Crippen LogP) is 1.69. The fourth-order valence-electron chi connectivity index (χ4n) is 2.70. The summed E-state index contributed by atoms with van der Waals surface area (Å²) in [5.74, 6) is 0.769. The molecule has 3 rings (SSSR count). The third-order valence-corrected chi connectivity index (χ3v) is 4.96. The van der Waals surface area contributed by atoms with Gasteiger partial charge in [0.15, 0.2) is 9.84 Å². The first-order chi connectivity index (χ1) is 8.88. The molecule has 0 atom stereocenters. The molecule has 3 N–H and O–H groups in total. The highest BCUT2D eigenvalue weighted by Crippen LogP contribution is 2.35. The van der Waals surface area contributed by atoms with Crippen molar-refractivity contribution in [2.24, 2.45) is 5.73 Å². The number of rotatable bonds is 2. The standard InChI is InChI=1S/C13H17N3O2S/c1-19(17,18)9-4-5-10-11(8-9)16-12(15-10)13(14)6-2-3-7-13/h4-5,8H,2-3,6-7,14H2,1H3,(H,15,16). The number of nitrogens with two attached hydrogens (primary N) is 1. The lowest BCUT2D eigenvalue weighted by atomic mass is 9.99. The van der Waals surface area contributed by atoms with Crippen LogP contribution in [0.5, 0.6) is 0 Å². The van der Waals surface area contributed by atoms with E-state index in [1.54, 1.807) is 18.2 Å². The van der Waals surface area contributed by atoms with Gasteiger partial charge in [0, 0.05) is 6.26 Å². The molecule has 1 aliphatic carbocycles. The highest BCUT2D eigenvalue weighted by Gasteiger charge is 2.34. The minimum Gasteiger partial charge on any atom is -0.340 e. The maximum absolute atomic E-state index is 11.5. The van der Waals surface area contributed by atoms with E-state index in [1.807, 2.05) is 0 Å². The van der Waals surface area contributed by atoms with Gasteiger partial charge in [-0.2, -0.15) is 0 Å². The van der Waals surface area contributed by atoms with E-state index >= 15 is 0 Å². The molecule has 102 valence electrons. The van der Waals surface area contributed by atoms with Crippen molar-refractivity contribution in [1.29, 1.82) is 0 Å². The molecule has 1 aliphatic rings. The lowest BCUT2D eigenvalue weighted by molar-refractivity contribution is 0.437. The number of imidazole rings is 1. The topological polar surface area (TPSA) is 88.8 Å². The number of benzene rings is 1. The Balaban J connectivity index is 2.11. The van der Waals surface area contributed by atoms with Crippen LogP contribution < -0.4 is 5.73 Å². The van der Waals surface area contributed by atoms with Crippen molar-refractivity contribution in [3.05, 3.63) is 24.0 Å². The van der Waals surface area contributed by atoms with Gasteiger partial charge >= 0.3 is 0 Å². The molecule has 1 aromatic heterocycles. The van der Waals surface area contributed by atoms with Crippen LogP contribution in [0.1, 0.15) is 31.5 Å². The van der Waals surface area contributed by atoms with Crippen molar-refractivity contribution in [3.63, 3.8) is 0 Å². The lowest BCUT2D eigenvalue weighted by Gasteiger charge is -2.19. The van der Waals surface area contributed by atoms with Crippen molar-refractivity contribution in [1.82, 2.24) is 9.97 Å². The van der Waals surface area contributed by atoms with Crippen molar-refractivity contribution >= 4 is 20.9 Å². The van der Waals surface area contributed by atoms with Crippen molar-refractivity contribution in [3.8, 4) is 0 Å². The minimum absolute atomic E-state index is 0.299. The van der Waals surface area contributed by atoms with Gasteiger partial charge in [0.25, 0.3) is 0 Å². The number of nitrogens with one attached hydrogen (secondary N) is 1. The average Bonchev–Trinajstić information content (AvgIpc) is 2.93. The lowest BCUT2D eigenvalue weighted by Crippen LogP contribution is -2.34. The Morgan fingerprint density at radius 2 is 2.00 bits per heavy atom. The van der Waals surface area contributed by atoms with Gasteiger partial charge < -0.3 is 10.7 Å². The van der Waals surface area contributed by atoms with E-state index in [4.69, 9.17) is 5.73 Å². The molecule has 1 saturated carbocycles. The highest BCUT2D eigenvalue weighted by atomic mass is 32.2. The molecule has 2 aromatic rings. The zero-order valence-corrected chi connectivity index (χ0v) is 11.6. The van der Waals surface area contributed by atoms with Gasteiger partial charge in [-0.05, 0) is 31.0 Å². The van der Waals surface area contributed by atoms with E-state index in [2.05, 4.69) is 9.97 Å². The number of aromatic amines is 1. The van der Waals surface area contributed by atoms with E-state index < -0.39 is 9.84 Å². The second kappa shape index (κ2) is 4.05. The van der Waals surface area contributed by atoms with Gasteiger partial charge in [-0.1, -0.05) is 12.8 Å². The van der Waals surface area contributed by atoms with Crippen LogP contribution in [0, 0.1) is 0 Å². The summed E-state index contributed by atoms with van der Waals surface area (Å²) in [6, 6.07) is 4.93. The van der Waals surface area contributed by atoms with Crippen LogP contribution >= 0.6 is 0 Å². The summed E-state index contributed by atoms with van der Waals surface area (Å²) in [4.78, 5) is 8.00. The zero-order chi connectivity index (χ0) is 13.7. The smallest absolute Gasteiger partial charge is 0.175 e. The van der Waals surface area contributed by atoms with E-state index in [9.17, 15) is 8.42 Å². The van der Waals surface area contributed by atoms with Gasteiger partial charge in [-0.3, -0.25) is 0 Å². The van der Waals surface area contributed by atoms with Crippen LogP contribution in [0.2, 0.25) is 0 Å². The molecule has 0 spiro atoms. The Bertz CT molecular complexity index is 727. The summed E-state index contributed by atoms with van der Waals surface area (Å²) < 4.78 is 23.1. The molecule has 0 bridgehead atoms. The molecule has 0 saturated heterocycles. The first kappa shape index (κ1) is 12.6. The van der Waals surface area contributed by atoms with Crippen molar-refractivity contribution < 1.29 is 8.42 Å². The molecule has 1 heterocycles. The summed E-state index contributed by atoms with van der Waals surface area (Å²) in [6.45, 7) is 0. The zero-order valence-electron chi connectivity index (χ0n) is 10.8. The van der Waals surface area contributed by atoms with Crippen LogP contribution in [-0.4, -0.2) is 24.6 Å². The highest BCUT2D eigenvalue weighted by molar-refractivity contribution is 7.90. The van der Waals surface area contributed by atoms with E-state index in [-0.39, 0.29) is 5.54 Å². The summed E-state index contributed by atoms with van der Waals surface area (Å²) in [5, 5.41) is 0. The molecule has 1 fully saturated rings. The fourth-order valence-corrected chi connectivity index (χ4v) is 3.35. The minimum atomic E-state index is -3.20. The number of aromatic nitrogens is 2. The molecule has 1 aromatic carbocycles. The van der Waals surface area contributed by atoms with Crippen LogP contribution in [0.25, 0.3) is 11.0 Å². The fraction of sp³-hybridized carbons (Fsp3) is 0.462. The Morgan fingerprint density at radius 3 is 2.63 bits per heavy atom. The van der Waals surface area contributed by atoms with E-state index in [0.717, 1.165) is 42.5 Å². The average molecular weight is 279 g/mol. The molecular weight excluding hydrogens is 262 g/mol. The first-order valence-corrected chi connectivity index (χ1v) is 8.27. The Labute approximate surface area is 112 Å². The quantitative estimate of drug-likeness (QED) is 0.875. The third kappa shape index (κ3) is 2.15. The Hall–Kier alpha value is -1.40. The third-order valence-electron chi connectivity index (χ3n) is 3.85. The number of sulfone groups is 1. The Kier molecular flexibility index (Phi) is 2.69. The van der Waals surface area contributed by atoms with Crippen molar-refractivity contribution in [2.75, 3.05) is 6.26 Å². The second-order valence-electron chi connectivity index (χ2n) is 5.40. The second-order valence-corrected chi connectivity index (χ2v) is 7.42. The number of nitrogens with zero attached hydrogens (tertiary/aromatic N) is 1. The van der Waals surface area contributed by atoms with Crippen LogP contribution in [-0.2, 0) is 15.4 Å². The molecule has 5 nitrogen and oxygen atoms in total. The molecule has 19 heavy (non-hydrogen) atoms. The van der Waals surface area contributed by atoms with Gasteiger partial charge in [0.1, 0.15) is 5.82 Å². The van der Waals surface area contributed by atoms with E-state index in [1.165, 1.54) is 6.26 Å². The normalized spacial score (nSPS) is 19.1. The van der Waals surface area contributed by atoms with Crippen LogP contribution in [0.15, 0.2) is 23.1 Å². The first-order valence-electron chi connectivity index (χ1n) is 6.38. The summed E-state index contributed by atoms with van der Waals surface area (Å²) >= 11 is 0. The number of fused-ring (bicyclic) bond motifs is 1. The van der Waals surface area contributed by atoms with Gasteiger partial charge in [-0.15, -0.1) is 0 Å². The Morgan fingerprint density at radius 1 is 1.32 bits per heavy atom. The molecule has 0 aliphatic heterocycles. The summed E-state index contributed by atoms with van der Waals surface area (Å²) in [5.41, 5.74) is 7.47. The summed E-state index contributed by atoms with van der Waals surface area (Å²) in [7, 11) is -3.20. The maximum atomic E-state index is 11.5. The molecular formula is C13H17N3O2S. The van der Waals surface area contributed by atoms with Gasteiger partial charge in [0.05, 0.1) is 21.5 Å². The molecule has 6 heteroatoms. The van der Waals surface area contributed by atoms with Gasteiger partial charge in [-0.25, -0.2) is 13.4 Å². The number of hydrogen-bond acceptors (Lipinski definition) is 4.